The predicted octanol–water partition coefficient (Wildman–Crippen LogP) is 5.35. The molecule has 34 heavy (non-hydrogen) atoms. The van der Waals surface area contributed by atoms with Crippen LogP contribution in [0.1, 0.15) is 50.6 Å². The molecule has 178 valence electrons. The number of thiazole rings is 1. The van der Waals surface area contributed by atoms with Crippen molar-refractivity contribution in [3.05, 3.63) is 36.2 Å². The van der Waals surface area contributed by atoms with E-state index >= 15 is 0 Å². The number of aromatic nitrogens is 2. The molecule has 1 aromatic carbocycles. The Labute approximate surface area is 200 Å². The zero-order valence-corrected chi connectivity index (χ0v) is 19.6. The summed E-state index contributed by atoms with van der Waals surface area (Å²) >= 11 is 1.31. The van der Waals surface area contributed by atoms with Crippen LogP contribution in [0, 0.1) is 6.92 Å². The Balaban J connectivity index is 1.47. The van der Waals surface area contributed by atoms with Gasteiger partial charge in [0.2, 0.25) is 5.91 Å². The van der Waals surface area contributed by atoms with Crippen LogP contribution in [0.3, 0.4) is 0 Å². The summed E-state index contributed by atoms with van der Waals surface area (Å²) in [7, 11) is 0. The number of hydrogen-bond donors (Lipinski definition) is 3. The van der Waals surface area contributed by atoms with Gasteiger partial charge in [0.05, 0.1) is 28.0 Å². The number of hydrogen-bond acceptors (Lipinski definition) is 7. The molecule has 2 amide bonds. The molecule has 9 nitrogen and oxygen atoms in total. The van der Waals surface area contributed by atoms with E-state index in [1.165, 1.54) is 17.8 Å². The number of carbonyl (C=O) groups is 3. The first-order valence-corrected chi connectivity index (χ1v) is 12.1. The Bertz CT molecular complexity index is 1220. The van der Waals surface area contributed by atoms with Gasteiger partial charge in [0.15, 0.2) is 5.13 Å². The van der Waals surface area contributed by atoms with Gasteiger partial charge in [-0.3, -0.25) is 19.9 Å². The number of fused-ring (bicyclic) bond motifs is 1. The molecule has 1 fully saturated rings. The molecular formula is C24H26N4O5S. The van der Waals surface area contributed by atoms with Crippen LogP contribution in [0.2, 0.25) is 0 Å². The second-order valence-electron chi connectivity index (χ2n) is 8.29. The third kappa shape index (κ3) is 6.07. The molecule has 0 unspecified atom stereocenters. The van der Waals surface area contributed by atoms with E-state index in [1.54, 1.807) is 6.20 Å². The predicted molar refractivity (Wildman–Crippen MR) is 130 cm³/mol. The minimum absolute atomic E-state index is 0.0299. The van der Waals surface area contributed by atoms with Crippen LogP contribution in [-0.4, -0.2) is 39.1 Å². The summed E-state index contributed by atoms with van der Waals surface area (Å²) in [5.41, 5.74) is 3.71. The van der Waals surface area contributed by atoms with Gasteiger partial charge in [-0.2, -0.15) is 0 Å². The molecule has 0 atom stereocenters. The summed E-state index contributed by atoms with van der Waals surface area (Å²) in [4.78, 5) is 43.8. The van der Waals surface area contributed by atoms with Crippen molar-refractivity contribution in [1.82, 2.24) is 9.97 Å². The first kappa shape index (κ1) is 23.6. The maximum atomic E-state index is 12.4. The van der Waals surface area contributed by atoms with E-state index in [0.717, 1.165) is 47.0 Å². The van der Waals surface area contributed by atoms with Crippen LogP contribution in [-0.2, 0) is 14.3 Å². The van der Waals surface area contributed by atoms with Crippen molar-refractivity contribution in [2.75, 3.05) is 10.6 Å². The molecule has 4 rings (SSSR count). The van der Waals surface area contributed by atoms with Crippen LogP contribution in [0.4, 0.5) is 15.6 Å². The minimum Gasteiger partial charge on any atom is -0.481 e. The normalized spacial score (nSPS) is 14.0. The fourth-order valence-corrected chi connectivity index (χ4v) is 4.77. The van der Waals surface area contributed by atoms with Crippen LogP contribution in [0.5, 0.6) is 0 Å². The number of pyridine rings is 1. The van der Waals surface area contributed by atoms with Crippen molar-refractivity contribution in [3.8, 4) is 11.1 Å². The van der Waals surface area contributed by atoms with Crippen molar-refractivity contribution in [2.45, 2.75) is 58.0 Å². The molecule has 3 N–H and O–H groups in total. The fourth-order valence-electron chi connectivity index (χ4n) is 3.85. The van der Waals surface area contributed by atoms with Crippen molar-refractivity contribution in [3.63, 3.8) is 0 Å². The van der Waals surface area contributed by atoms with Gasteiger partial charge in [0.1, 0.15) is 6.10 Å². The lowest BCUT2D eigenvalue weighted by Gasteiger charge is -2.22. The van der Waals surface area contributed by atoms with Crippen molar-refractivity contribution >= 4 is 50.3 Å². The number of anilines is 2. The molecule has 0 radical (unpaired) electrons. The molecule has 0 spiro atoms. The van der Waals surface area contributed by atoms with E-state index in [2.05, 4.69) is 20.6 Å². The van der Waals surface area contributed by atoms with E-state index in [9.17, 15) is 14.4 Å². The Morgan fingerprint density at radius 1 is 1.09 bits per heavy atom. The number of carbonyl (C=O) groups excluding carboxylic acids is 2. The standard InChI is InChI=1S/C24H26N4O5S/c1-14-19(27-24(32)33-17-5-3-2-4-6-17)11-16(13-25-14)15-7-8-18-20(12-15)34-23(26-18)28-21(29)9-10-22(30)31/h7-8,11-13,17H,2-6,9-10H2,1H3,(H,27,32)(H,30,31)(H,26,28,29). The highest BCUT2D eigenvalue weighted by Gasteiger charge is 2.18. The van der Waals surface area contributed by atoms with E-state index in [0.29, 0.717) is 16.5 Å². The number of nitrogens with zero attached hydrogens (tertiary/aromatic N) is 2. The lowest BCUT2D eigenvalue weighted by Crippen LogP contribution is -2.24. The van der Waals surface area contributed by atoms with Crippen LogP contribution < -0.4 is 10.6 Å². The highest BCUT2D eigenvalue weighted by molar-refractivity contribution is 7.22. The Morgan fingerprint density at radius 3 is 2.65 bits per heavy atom. The van der Waals surface area contributed by atoms with Crippen LogP contribution in [0.15, 0.2) is 30.5 Å². The van der Waals surface area contributed by atoms with E-state index in [-0.39, 0.29) is 24.9 Å². The summed E-state index contributed by atoms with van der Waals surface area (Å²) in [6.07, 6.45) is 6.08. The molecule has 0 bridgehead atoms. The van der Waals surface area contributed by atoms with Crippen LogP contribution in [0.25, 0.3) is 21.3 Å². The lowest BCUT2D eigenvalue weighted by atomic mass is 9.98. The average Bonchev–Trinajstić information content (AvgIpc) is 3.21. The number of rotatable bonds is 7. The average molecular weight is 483 g/mol. The van der Waals surface area contributed by atoms with Gasteiger partial charge in [-0.25, -0.2) is 9.78 Å². The number of aliphatic carboxylic acids is 1. The van der Waals surface area contributed by atoms with Gasteiger partial charge >= 0.3 is 12.1 Å². The summed E-state index contributed by atoms with van der Waals surface area (Å²) < 4.78 is 6.43. The van der Waals surface area contributed by atoms with Crippen molar-refractivity contribution in [2.24, 2.45) is 0 Å². The monoisotopic (exact) mass is 482 g/mol. The van der Waals surface area contributed by atoms with Gasteiger partial charge in [-0.1, -0.05) is 23.8 Å². The van der Waals surface area contributed by atoms with Gasteiger partial charge in [0.25, 0.3) is 0 Å². The quantitative estimate of drug-likeness (QED) is 0.414. The van der Waals surface area contributed by atoms with Crippen molar-refractivity contribution < 1.29 is 24.2 Å². The summed E-state index contributed by atoms with van der Waals surface area (Å²) in [5, 5.41) is 14.6. The molecule has 3 aromatic rings. The second-order valence-corrected chi connectivity index (χ2v) is 9.32. The Morgan fingerprint density at radius 2 is 1.88 bits per heavy atom. The zero-order valence-electron chi connectivity index (χ0n) is 18.8. The number of carboxylic acid groups (broad SMARTS) is 1. The Kier molecular flexibility index (Phi) is 7.36. The van der Waals surface area contributed by atoms with Gasteiger partial charge in [-0.05, 0) is 56.4 Å². The molecule has 2 heterocycles. The zero-order chi connectivity index (χ0) is 24.1. The smallest absolute Gasteiger partial charge is 0.411 e. The molecule has 1 saturated carbocycles. The van der Waals surface area contributed by atoms with E-state index < -0.39 is 12.1 Å². The highest BCUT2D eigenvalue weighted by Crippen LogP contribution is 2.32. The van der Waals surface area contributed by atoms with Gasteiger partial charge < -0.3 is 15.2 Å². The summed E-state index contributed by atoms with van der Waals surface area (Å²) in [5.74, 6) is -1.41. The second kappa shape index (κ2) is 10.6. The number of ether oxygens (including phenoxy) is 1. The third-order valence-electron chi connectivity index (χ3n) is 5.68. The first-order chi connectivity index (χ1) is 16.4. The molecule has 10 heteroatoms. The van der Waals surface area contributed by atoms with Crippen LogP contribution >= 0.6 is 11.3 Å². The third-order valence-corrected chi connectivity index (χ3v) is 6.62. The SMILES string of the molecule is Cc1ncc(-c2ccc3nc(NC(=O)CCC(=O)O)sc3c2)cc1NC(=O)OC1CCCCC1. The van der Waals surface area contributed by atoms with Gasteiger partial charge in [-0.15, -0.1) is 0 Å². The van der Waals surface area contributed by atoms with Gasteiger partial charge in [0, 0.05) is 18.2 Å². The molecule has 2 aromatic heterocycles. The lowest BCUT2D eigenvalue weighted by molar-refractivity contribution is -0.138. The maximum absolute atomic E-state index is 12.4. The minimum atomic E-state index is -1.02. The fraction of sp³-hybridized carbons (Fsp3) is 0.375. The molecule has 0 aliphatic heterocycles. The van der Waals surface area contributed by atoms with E-state index in [1.807, 2.05) is 31.2 Å². The number of nitrogens with one attached hydrogen (secondary N) is 2. The number of amides is 2. The maximum Gasteiger partial charge on any atom is 0.411 e. The number of benzene rings is 1. The van der Waals surface area contributed by atoms with E-state index in [4.69, 9.17) is 9.84 Å². The molecule has 1 aliphatic carbocycles. The highest BCUT2D eigenvalue weighted by atomic mass is 32.1. The largest absolute Gasteiger partial charge is 0.481 e. The van der Waals surface area contributed by atoms with Crippen molar-refractivity contribution in [1.29, 1.82) is 0 Å². The Hall–Kier alpha value is -3.53. The first-order valence-electron chi connectivity index (χ1n) is 11.2. The molecule has 0 saturated heterocycles. The topological polar surface area (TPSA) is 131 Å². The molecular weight excluding hydrogens is 456 g/mol. The summed E-state index contributed by atoms with van der Waals surface area (Å²) in [6, 6.07) is 7.55. The number of carboxylic acids is 1. The number of aryl methyl sites for hydroxylation is 1. The molecule has 1 aliphatic rings. The summed E-state index contributed by atoms with van der Waals surface area (Å²) in [6.45, 7) is 1.83.